The van der Waals surface area contributed by atoms with Crippen LogP contribution in [-0.4, -0.2) is 22.6 Å². The van der Waals surface area contributed by atoms with Crippen molar-refractivity contribution in [3.63, 3.8) is 0 Å². The van der Waals surface area contributed by atoms with Crippen LogP contribution in [0.15, 0.2) is 246 Å². The highest BCUT2D eigenvalue weighted by Crippen LogP contribution is 2.50. The predicted molar refractivity (Wildman–Crippen MR) is 394 cm³/mol. The van der Waals surface area contributed by atoms with Gasteiger partial charge >= 0.3 is 0 Å². The minimum absolute atomic E-state index is 0.0413. The van der Waals surface area contributed by atoms with Crippen molar-refractivity contribution in [3.05, 3.63) is 259 Å². The van der Waals surface area contributed by atoms with Crippen molar-refractivity contribution in [1.82, 2.24) is 9.13 Å². The van der Waals surface area contributed by atoms with Crippen molar-refractivity contribution >= 4 is 119 Å². The van der Waals surface area contributed by atoms with Crippen LogP contribution >= 0.6 is 11.8 Å². The van der Waals surface area contributed by atoms with E-state index in [1.165, 1.54) is 64.7 Å². The van der Waals surface area contributed by atoms with Gasteiger partial charge < -0.3 is 23.5 Å². The second kappa shape index (κ2) is 20.3. The van der Waals surface area contributed by atoms with Gasteiger partial charge in [0.05, 0.1) is 39.4 Å². The van der Waals surface area contributed by atoms with Crippen LogP contribution in [0.4, 0.5) is 17.1 Å². The fourth-order valence-corrected chi connectivity index (χ4v) is 16.8. The number of nitrogens with zero attached hydrogens (tertiary/aromatic N) is 4. The fraction of sp³-hybridized carbons (Fsp3) is 0.141. The molecule has 18 rings (SSSR count). The van der Waals surface area contributed by atoms with Crippen molar-refractivity contribution in [2.24, 2.45) is 0 Å². The topological polar surface area (TPSA) is 55.4 Å². The van der Waals surface area contributed by atoms with Gasteiger partial charge in [-0.05, 0) is 193 Å². The Kier molecular flexibility index (Phi) is 12.2. The highest BCUT2D eigenvalue weighted by Gasteiger charge is 2.44. The van der Waals surface area contributed by atoms with E-state index in [-0.39, 0.29) is 29.7 Å². The van der Waals surface area contributed by atoms with Gasteiger partial charge in [-0.15, -0.1) is 0 Å². The number of aromatic nitrogens is 2. The summed E-state index contributed by atoms with van der Waals surface area (Å²) in [5, 5.41) is 15.0. The quantitative estimate of drug-likeness (QED) is 0.161. The molecule has 94 heavy (non-hydrogen) atoms. The van der Waals surface area contributed by atoms with Crippen LogP contribution in [-0.2, 0) is 16.2 Å². The second-order valence-corrected chi connectivity index (χ2v) is 30.3. The molecule has 0 aliphatic carbocycles. The smallest absolute Gasteiger partial charge is 0.260 e. The third-order valence-electron chi connectivity index (χ3n) is 20.4. The van der Waals surface area contributed by atoms with Gasteiger partial charge in [0.15, 0.2) is 0 Å². The van der Waals surface area contributed by atoms with Crippen LogP contribution in [0.2, 0.25) is 0 Å². The molecule has 0 saturated carbocycles. The molecule has 0 bridgehead atoms. The molecule has 6 heterocycles. The summed E-state index contributed by atoms with van der Waals surface area (Å²) in [6.45, 7) is 20.5. The number of ether oxygens (including phenoxy) is 2. The van der Waals surface area contributed by atoms with Crippen molar-refractivity contribution in [2.75, 3.05) is 4.90 Å². The Morgan fingerprint density at radius 2 is 0.851 bits per heavy atom. The number of hydrogen-bond acceptors (Lipinski definition) is 5. The van der Waals surface area contributed by atoms with Crippen LogP contribution in [0.25, 0.3) is 77.2 Å². The average molecular weight is 1230 g/mol. The molecule has 0 saturated heterocycles. The standard InChI is InChI=1S/C85H66B2N4O2S/c1-83(2,3)54-28-36-70-61(44-54)60-39-50(49-88)27-35-69(60)90(70)58-32-34-67-79(48-58)94-80-43-52(53-41-77-82-78(42-53)93-76-26-18-15-23-66(76)87(82)65-22-14-17-25-75(65)92-77)40-74-81(80)86(67)64-33-31-57(47-73(64)91(74)68-24-16-13-21-59(68)51-19-11-10-12-20-51)89-71-37-29-55(84(4,5)6)45-62(71)63-46-56(85(7,8)9)30-38-72(63)89/h10-48H,1-9H3. The average Bonchev–Trinajstić information content (AvgIpc) is 0.731. The SMILES string of the molecule is CC(C)(C)c1ccc2c(c1)c1cc(C#N)ccc1n2-c1ccc2c(c1)Sc1cc(-c3cc4c5c(c3)Oc3ccccc3B5c3ccccc3O4)cc3c1B2c1ccc(-n2c4ccc(C(C)(C)C)cc4c4cc(C(C)(C)C)ccc42)cc1N3c1ccccc1-c1ccccc1. The Morgan fingerprint density at radius 1 is 0.362 bits per heavy atom. The van der Waals surface area contributed by atoms with Gasteiger partial charge in [0, 0.05) is 65.1 Å². The van der Waals surface area contributed by atoms with Crippen LogP contribution in [0.1, 0.15) is 84.6 Å². The van der Waals surface area contributed by atoms with E-state index in [0.717, 1.165) is 112 Å². The minimum Gasteiger partial charge on any atom is -0.458 e. The van der Waals surface area contributed by atoms with E-state index < -0.39 is 0 Å². The highest BCUT2D eigenvalue weighted by molar-refractivity contribution is 8.00. The van der Waals surface area contributed by atoms with E-state index in [9.17, 15) is 5.26 Å². The Morgan fingerprint density at radius 3 is 1.43 bits per heavy atom. The predicted octanol–water partition coefficient (Wildman–Crippen LogP) is 18.5. The van der Waals surface area contributed by atoms with Crippen molar-refractivity contribution < 1.29 is 9.47 Å². The maximum absolute atomic E-state index is 10.3. The molecule has 0 spiro atoms. The molecule has 12 aromatic carbocycles. The lowest BCUT2D eigenvalue weighted by molar-refractivity contribution is 0.465. The fourth-order valence-electron chi connectivity index (χ4n) is 15.6. The van der Waals surface area contributed by atoms with Gasteiger partial charge in [-0.2, -0.15) is 5.26 Å². The van der Waals surface area contributed by atoms with Gasteiger partial charge in [0.2, 0.25) is 6.71 Å². The largest absolute Gasteiger partial charge is 0.458 e. The van der Waals surface area contributed by atoms with E-state index in [0.29, 0.717) is 5.56 Å². The van der Waals surface area contributed by atoms with Crippen LogP contribution in [0.3, 0.4) is 0 Å². The summed E-state index contributed by atoms with van der Waals surface area (Å²) in [5.74, 6) is 3.32. The molecule has 6 nitrogen and oxygen atoms in total. The van der Waals surface area contributed by atoms with Gasteiger partial charge in [0.25, 0.3) is 6.71 Å². The number of nitriles is 1. The Balaban J connectivity index is 0.910. The molecular weight excluding hydrogens is 1160 g/mol. The second-order valence-electron chi connectivity index (χ2n) is 29.2. The third kappa shape index (κ3) is 8.58. The molecule has 2 aromatic heterocycles. The molecule has 0 amide bonds. The molecule has 4 aliphatic rings. The van der Waals surface area contributed by atoms with Crippen LogP contribution < -0.4 is 47.2 Å². The van der Waals surface area contributed by atoms with Gasteiger partial charge in [0.1, 0.15) is 23.0 Å². The lowest BCUT2D eigenvalue weighted by atomic mass is 9.34. The lowest BCUT2D eigenvalue weighted by Crippen LogP contribution is -2.59. The third-order valence-corrected chi connectivity index (χ3v) is 21.5. The summed E-state index contributed by atoms with van der Waals surface area (Å²) in [7, 11) is 0. The number of fused-ring (bicyclic) bond motifs is 14. The van der Waals surface area contributed by atoms with E-state index in [4.69, 9.17) is 9.47 Å². The zero-order valence-electron chi connectivity index (χ0n) is 54.2. The summed E-state index contributed by atoms with van der Waals surface area (Å²) >= 11 is 1.86. The maximum Gasteiger partial charge on any atom is 0.260 e. The lowest BCUT2D eigenvalue weighted by Gasteiger charge is -2.41. The normalized spacial score (nSPS) is 13.6. The molecule has 0 radical (unpaired) electrons. The van der Waals surface area contributed by atoms with Gasteiger partial charge in [-0.3, -0.25) is 0 Å². The summed E-state index contributed by atoms with van der Waals surface area (Å²) in [4.78, 5) is 4.96. The van der Waals surface area contributed by atoms with Gasteiger partial charge in [-0.25, -0.2) is 0 Å². The Bertz CT molecular complexity index is 5510. The first kappa shape index (κ1) is 56.4. The monoisotopic (exact) mass is 1230 g/mol. The Labute approximate surface area is 553 Å². The molecule has 0 N–H and O–H groups in total. The molecule has 450 valence electrons. The number of hydrogen-bond donors (Lipinski definition) is 0. The molecule has 0 fully saturated rings. The molecule has 0 unspecified atom stereocenters. The molecule has 14 aromatic rings. The summed E-state index contributed by atoms with van der Waals surface area (Å²) in [5.41, 5.74) is 25.8. The summed E-state index contributed by atoms with van der Waals surface area (Å²) < 4.78 is 19.0. The first-order valence-corrected chi connectivity index (χ1v) is 33.6. The maximum atomic E-state index is 10.3. The highest BCUT2D eigenvalue weighted by atomic mass is 32.2. The van der Waals surface area contributed by atoms with E-state index in [2.05, 4.69) is 313 Å². The first-order chi connectivity index (χ1) is 45.4. The summed E-state index contributed by atoms with van der Waals surface area (Å²) in [6.07, 6.45) is 0. The number of rotatable bonds is 5. The van der Waals surface area contributed by atoms with E-state index >= 15 is 0 Å². The summed E-state index contributed by atoms with van der Waals surface area (Å²) in [6, 6.07) is 90.4. The first-order valence-electron chi connectivity index (χ1n) is 32.8. The van der Waals surface area contributed by atoms with Crippen molar-refractivity contribution in [3.8, 4) is 62.7 Å². The van der Waals surface area contributed by atoms with E-state index in [1.54, 1.807) is 0 Å². The molecule has 4 aliphatic heterocycles. The Hall–Kier alpha value is -10.4. The minimum atomic E-state index is -0.147. The zero-order valence-corrected chi connectivity index (χ0v) is 55.0. The number of benzene rings is 12. The van der Waals surface area contributed by atoms with Crippen LogP contribution in [0.5, 0.6) is 23.0 Å². The number of anilines is 3. The molecule has 0 atom stereocenters. The molecule has 9 heteroatoms. The van der Waals surface area contributed by atoms with Crippen LogP contribution in [0, 0.1) is 11.3 Å². The van der Waals surface area contributed by atoms with Crippen molar-refractivity contribution in [2.45, 2.75) is 88.3 Å². The van der Waals surface area contributed by atoms with Gasteiger partial charge in [-0.1, -0.05) is 195 Å². The van der Waals surface area contributed by atoms with Crippen molar-refractivity contribution in [1.29, 1.82) is 5.26 Å². The van der Waals surface area contributed by atoms with E-state index in [1.807, 2.05) is 17.8 Å². The molecular formula is C85H66B2N4O2S. The zero-order chi connectivity index (χ0) is 63.8. The number of para-hydroxylation sites is 3.